The van der Waals surface area contributed by atoms with E-state index in [1.807, 2.05) is 0 Å². The highest BCUT2D eigenvalue weighted by atomic mass is 32.1. The van der Waals surface area contributed by atoms with Crippen molar-refractivity contribution in [3.63, 3.8) is 0 Å². The number of carbonyl (C=O) groups is 2. The van der Waals surface area contributed by atoms with E-state index in [4.69, 9.17) is 16.2 Å². The van der Waals surface area contributed by atoms with Crippen LogP contribution in [0.2, 0.25) is 0 Å². The summed E-state index contributed by atoms with van der Waals surface area (Å²) in [5, 5.41) is 4.74. The van der Waals surface area contributed by atoms with Gasteiger partial charge < -0.3 is 21.5 Å². The zero-order valence-corrected chi connectivity index (χ0v) is 9.88. The van der Waals surface area contributed by atoms with Gasteiger partial charge in [0.05, 0.1) is 12.2 Å². The highest BCUT2D eigenvalue weighted by Gasteiger charge is 2.38. The lowest BCUT2D eigenvalue weighted by molar-refractivity contribution is -0.121. The summed E-state index contributed by atoms with van der Waals surface area (Å²) in [6.07, 6.45) is 0.468. The molecule has 1 fully saturated rings. The summed E-state index contributed by atoms with van der Waals surface area (Å²) in [6, 6.07) is 1.57. The molecule has 0 bridgehead atoms. The normalized spacial score (nSPS) is 23.6. The number of hydrogen-bond acceptors (Lipinski definition) is 5. The van der Waals surface area contributed by atoms with Gasteiger partial charge in [-0.2, -0.15) is 0 Å². The van der Waals surface area contributed by atoms with Gasteiger partial charge in [0.25, 0.3) is 5.91 Å². The minimum absolute atomic E-state index is 0.191. The number of thiophene rings is 1. The van der Waals surface area contributed by atoms with E-state index < -0.39 is 11.4 Å². The van der Waals surface area contributed by atoms with Gasteiger partial charge in [-0.1, -0.05) is 0 Å². The molecule has 2 heterocycles. The maximum atomic E-state index is 11.9. The Kier molecular flexibility index (Phi) is 3.14. The number of amides is 2. The van der Waals surface area contributed by atoms with Crippen molar-refractivity contribution in [1.29, 1.82) is 0 Å². The molecule has 0 radical (unpaired) electrons. The summed E-state index contributed by atoms with van der Waals surface area (Å²) in [6.45, 7) is 0.660. The number of nitrogens with two attached hydrogens (primary N) is 2. The standard InChI is InChI=1S/C10H13N3O3S/c11-7(14)6-1-4-17-8(6)13-9(15)10(12)2-3-16-5-10/h1,4H,2-3,5,12H2,(H2,11,14)(H,13,15). The SMILES string of the molecule is NC(=O)c1ccsc1NC(=O)C1(N)CCOC1. The Bertz CT molecular complexity index is 451. The van der Waals surface area contributed by atoms with Crippen molar-refractivity contribution in [1.82, 2.24) is 0 Å². The van der Waals surface area contributed by atoms with Crippen LogP contribution in [0.1, 0.15) is 16.8 Å². The van der Waals surface area contributed by atoms with Crippen LogP contribution in [0.25, 0.3) is 0 Å². The number of ether oxygens (including phenoxy) is 1. The van der Waals surface area contributed by atoms with Gasteiger partial charge in [-0.15, -0.1) is 11.3 Å². The summed E-state index contributed by atoms with van der Waals surface area (Å²) in [5.41, 5.74) is 10.4. The first-order valence-electron chi connectivity index (χ1n) is 5.08. The van der Waals surface area contributed by atoms with Crippen molar-refractivity contribution in [3.8, 4) is 0 Å². The molecule has 1 unspecified atom stereocenters. The zero-order chi connectivity index (χ0) is 12.5. The highest BCUT2D eigenvalue weighted by molar-refractivity contribution is 7.14. The molecule has 2 amide bonds. The van der Waals surface area contributed by atoms with Crippen LogP contribution in [0.15, 0.2) is 11.4 Å². The lowest BCUT2D eigenvalue weighted by Crippen LogP contribution is -2.51. The summed E-state index contributed by atoms with van der Waals surface area (Å²) in [7, 11) is 0. The molecule has 1 aromatic heterocycles. The molecule has 0 saturated carbocycles. The van der Waals surface area contributed by atoms with E-state index in [-0.39, 0.29) is 12.5 Å². The Balaban J connectivity index is 2.13. The van der Waals surface area contributed by atoms with Crippen LogP contribution in [-0.4, -0.2) is 30.6 Å². The van der Waals surface area contributed by atoms with Gasteiger partial charge in [0, 0.05) is 6.61 Å². The lowest BCUT2D eigenvalue weighted by atomic mass is 9.99. The molecular formula is C10H13N3O3S. The van der Waals surface area contributed by atoms with Gasteiger partial charge in [0.1, 0.15) is 10.5 Å². The molecule has 92 valence electrons. The number of hydrogen-bond donors (Lipinski definition) is 3. The first-order valence-corrected chi connectivity index (χ1v) is 5.96. The zero-order valence-electron chi connectivity index (χ0n) is 9.06. The smallest absolute Gasteiger partial charge is 0.251 e. The second-order valence-electron chi connectivity index (χ2n) is 3.94. The number of anilines is 1. The number of nitrogens with one attached hydrogen (secondary N) is 1. The molecule has 7 heteroatoms. The van der Waals surface area contributed by atoms with Crippen molar-refractivity contribution in [3.05, 3.63) is 17.0 Å². The molecule has 0 spiro atoms. The van der Waals surface area contributed by atoms with E-state index in [1.54, 1.807) is 11.4 Å². The molecule has 5 N–H and O–H groups in total. The third kappa shape index (κ3) is 2.31. The third-order valence-corrected chi connectivity index (χ3v) is 3.49. The van der Waals surface area contributed by atoms with Gasteiger partial charge in [0.2, 0.25) is 5.91 Å². The molecule has 17 heavy (non-hydrogen) atoms. The molecule has 1 saturated heterocycles. The van der Waals surface area contributed by atoms with Crippen LogP contribution < -0.4 is 16.8 Å². The first kappa shape index (κ1) is 12.0. The predicted octanol–water partition coefficient (Wildman–Crippen LogP) is -0.0967. The van der Waals surface area contributed by atoms with Crippen LogP contribution in [-0.2, 0) is 9.53 Å². The van der Waals surface area contributed by atoms with Gasteiger partial charge in [0.15, 0.2) is 0 Å². The van der Waals surface area contributed by atoms with E-state index in [0.717, 1.165) is 0 Å². The molecular weight excluding hydrogens is 242 g/mol. The largest absolute Gasteiger partial charge is 0.379 e. The summed E-state index contributed by atoms with van der Waals surface area (Å²) >= 11 is 1.23. The second kappa shape index (κ2) is 4.44. The first-order chi connectivity index (χ1) is 8.03. The molecule has 1 aromatic rings. The molecule has 0 aliphatic carbocycles. The van der Waals surface area contributed by atoms with Gasteiger partial charge >= 0.3 is 0 Å². The highest BCUT2D eigenvalue weighted by Crippen LogP contribution is 2.25. The monoisotopic (exact) mass is 255 g/mol. The second-order valence-corrected chi connectivity index (χ2v) is 4.86. The Morgan fingerprint density at radius 2 is 2.29 bits per heavy atom. The number of primary amides is 1. The van der Waals surface area contributed by atoms with E-state index in [2.05, 4.69) is 5.32 Å². The van der Waals surface area contributed by atoms with E-state index in [9.17, 15) is 9.59 Å². The van der Waals surface area contributed by atoms with Crippen LogP contribution in [0.4, 0.5) is 5.00 Å². The van der Waals surface area contributed by atoms with E-state index in [1.165, 1.54) is 11.3 Å². The average Bonchev–Trinajstić information content (AvgIpc) is 2.87. The molecule has 1 atom stereocenters. The fraction of sp³-hybridized carbons (Fsp3) is 0.400. The Morgan fingerprint density at radius 1 is 1.53 bits per heavy atom. The Morgan fingerprint density at radius 3 is 2.88 bits per heavy atom. The molecule has 1 aliphatic rings. The summed E-state index contributed by atoms with van der Waals surface area (Å²) < 4.78 is 5.10. The molecule has 2 rings (SSSR count). The molecule has 6 nitrogen and oxygen atoms in total. The maximum absolute atomic E-state index is 11.9. The minimum Gasteiger partial charge on any atom is -0.379 e. The van der Waals surface area contributed by atoms with Crippen molar-refractivity contribution in [2.24, 2.45) is 11.5 Å². The summed E-state index contributed by atoms with van der Waals surface area (Å²) in [5.74, 6) is -0.921. The van der Waals surface area contributed by atoms with Gasteiger partial charge in [-0.3, -0.25) is 9.59 Å². The topological polar surface area (TPSA) is 107 Å². The maximum Gasteiger partial charge on any atom is 0.251 e. The predicted molar refractivity (Wildman–Crippen MR) is 63.8 cm³/mol. The van der Waals surface area contributed by atoms with Crippen LogP contribution in [0.5, 0.6) is 0 Å². The molecule has 1 aliphatic heterocycles. The van der Waals surface area contributed by atoms with Crippen LogP contribution >= 0.6 is 11.3 Å². The third-order valence-electron chi connectivity index (χ3n) is 2.66. The number of carbonyl (C=O) groups excluding carboxylic acids is 2. The number of rotatable bonds is 3. The summed E-state index contributed by atoms with van der Waals surface area (Å²) in [4.78, 5) is 23.0. The quantitative estimate of drug-likeness (QED) is 0.701. The van der Waals surface area contributed by atoms with Crippen molar-refractivity contribution in [2.45, 2.75) is 12.0 Å². The van der Waals surface area contributed by atoms with Crippen LogP contribution in [0.3, 0.4) is 0 Å². The van der Waals surface area contributed by atoms with E-state index in [0.29, 0.717) is 23.6 Å². The van der Waals surface area contributed by atoms with Gasteiger partial charge in [-0.25, -0.2) is 0 Å². The van der Waals surface area contributed by atoms with Gasteiger partial charge in [-0.05, 0) is 17.9 Å². The lowest BCUT2D eigenvalue weighted by Gasteiger charge is -2.20. The van der Waals surface area contributed by atoms with Crippen molar-refractivity contribution < 1.29 is 14.3 Å². The minimum atomic E-state index is -1.01. The molecule has 0 aromatic carbocycles. The Hall–Kier alpha value is -1.44. The fourth-order valence-electron chi connectivity index (χ4n) is 1.59. The average molecular weight is 255 g/mol. The Labute approximate surface area is 102 Å². The van der Waals surface area contributed by atoms with Crippen molar-refractivity contribution >= 4 is 28.2 Å². The van der Waals surface area contributed by atoms with E-state index >= 15 is 0 Å². The van der Waals surface area contributed by atoms with Crippen molar-refractivity contribution in [2.75, 3.05) is 18.5 Å². The van der Waals surface area contributed by atoms with Crippen LogP contribution in [0, 0.1) is 0 Å². The fourth-order valence-corrected chi connectivity index (χ4v) is 2.37.